The van der Waals surface area contributed by atoms with Crippen LogP contribution in [-0.2, 0) is 20.9 Å². The summed E-state index contributed by atoms with van der Waals surface area (Å²) >= 11 is 0. The second-order valence-corrected chi connectivity index (χ2v) is 6.23. The molecule has 1 amide bonds. The predicted octanol–water partition coefficient (Wildman–Crippen LogP) is 2.71. The van der Waals surface area contributed by atoms with Crippen LogP contribution in [0.1, 0.15) is 39.7 Å². The summed E-state index contributed by atoms with van der Waals surface area (Å²) in [5, 5.41) is 2.87. The maximum atomic E-state index is 12.2. The molecule has 4 heteroatoms. The molecule has 1 N–H and O–H groups in total. The summed E-state index contributed by atoms with van der Waals surface area (Å²) in [6.07, 6.45) is 0.205. The Morgan fingerprint density at radius 3 is 2.33 bits per heavy atom. The van der Waals surface area contributed by atoms with Crippen molar-refractivity contribution in [2.24, 2.45) is 5.92 Å². The molecule has 4 nitrogen and oxygen atoms in total. The summed E-state index contributed by atoms with van der Waals surface area (Å²) in [5.41, 5.74) is 0.707. The van der Waals surface area contributed by atoms with Gasteiger partial charge < -0.3 is 14.8 Å². The molecule has 1 atom stereocenters. The second-order valence-electron chi connectivity index (χ2n) is 6.23. The van der Waals surface area contributed by atoms with Crippen molar-refractivity contribution in [3.05, 3.63) is 35.9 Å². The first-order valence-corrected chi connectivity index (χ1v) is 7.23. The number of benzene rings is 1. The van der Waals surface area contributed by atoms with Gasteiger partial charge in [-0.3, -0.25) is 4.79 Å². The van der Waals surface area contributed by atoms with E-state index in [0.717, 1.165) is 5.56 Å². The highest BCUT2D eigenvalue weighted by Crippen LogP contribution is 2.13. The smallest absolute Gasteiger partial charge is 0.226 e. The molecule has 0 aliphatic carbocycles. The van der Waals surface area contributed by atoms with Gasteiger partial charge in [-0.05, 0) is 33.3 Å². The number of hydrogen-bond donors (Lipinski definition) is 1. The van der Waals surface area contributed by atoms with Crippen molar-refractivity contribution in [1.29, 1.82) is 0 Å². The average Bonchev–Trinajstić information content (AvgIpc) is 2.40. The average molecular weight is 291 g/mol. The van der Waals surface area contributed by atoms with E-state index in [1.54, 1.807) is 0 Å². The first-order valence-electron chi connectivity index (χ1n) is 7.23. The Morgan fingerprint density at radius 1 is 1.19 bits per heavy atom. The van der Waals surface area contributed by atoms with Gasteiger partial charge in [0.2, 0.25) is 5.91 Å². The first-order chi connectivity index (χ1) is 9.78. The van der Waals surface area contributed by atoms with Gasteiger partial charge in [-0.15, -0.1) is 0 Å². The van der Waals surface area contributed by atoms with Crippen LogP contribution in [0.2, 0.25) is 0 Å². The normalized spacial score (nSPS) is 12.8. The van der Waals surface area contributed by atoms with E-state index in [1.807, 2.05) is 51.1 Å². The van der Waals surface area contributed by atoms with Crippen LogP contribution < -0.4 is 5.32 Å². The summed E-state index contributed by atoms with van der Waals surface area (Å²) in [5.74, 6) is -0.587. The molecule has 0 spiro atoms. The van der Waals surface area contributed by atoms with Crippen LogP contribution in [0.4, 0.5) is 0 Å². The molecule has 0 aliphatic heterocycles. The number of carbonyl (C=O) groups excluding carboxylic acids is 2. The third kappa shape index (κ3) is 7.61. The lowest BCUT2D eigenvalue weighted by Gasteiger charge is -2.23. The van der Waals surface area contributed by atoms with E-state index in [2.05, 4.69) is 5.32 Å². The van der Waals surface area contributed by atoms with Gasteiger partial charge in [-0.25, -0.2) is 0 Å². The SMILES string of the molecule is CC(=O)C[C@H](COC(C)(C)C)C(=O)NCc1ccccc1. The third-order valence-electron chi connectivity index (χ3n) is 2.93. The summed E-state index contributed by atoms with van der Waals surface area (Å²) in [6.45, 7) is 8.00. The monoisotopic (exact) mass is 291 g/mol. The van der Waals surface area contributed by atoms with Crippen molar-refractivity contribution >= 4 is 11.7 Å². The van der Waals surface area contributed by atoms with Crippen LogP contribution in [0.25, 0.3) is 0 Å². The zero-order chi connectivity index (χ0) is 15.9. The predicted molar refractivity (Wildman–Crippen MR) is 82.8 cm³/mol. The van der Waals surface area contributed by atoms with Crippen LogP contribution in [-0.4, -0.2) is 23.9 Å². The minimum absolute atomic E-state index is 0.00706. The fraction of sp³-hybridized carbons (Fsp3) is 0.529. The Bertz CT molecular complexity index is 463. The van der Waals surface area contributed by atoms with Crippen LogP contribution >= 0.6 is 0 Å². The van der Waals surface area contributed by atoms with Gasteiger partial charge in [0.1, 0.15) is 5.78 Å². The maximum Gasteiger partial charge on any atom is 0.226 e. The second kappa shape index (κ2) is 7.93. The number of rotatable bonds is 7. The van der Waals surface area contributed by atoms with E-state index in [9.17, 15) is 9.59 Å². The van der Waals surface area contributed by atoms with Gasteiger partial charge in [-0.2, -0.15) is 0 Å². The van der Waals surface area contributed by atoms with Crippen LogP contribution in [0.5, 0.6) is 0 Å². The molecular weight excluding hydrogens is 266 g/mol. The Morgan fingerprint density at radius 2 is 1.81 bits per heavy atom. The highest BCUT2D eigenvalue weighted by molar-refractivity contribution is 5.85. The summed E-state index contributed by atoms with van der Waals surface area (Å²) < 4.78 is 5.65. The molecule has 0 radical (unpaired) electrons. The van der Waals surface area contributed by atoms with Crippen molar-refractivity contribution in [3.8, 4) is 0 Å². The van der Waals surface area contributed by atoms with E-state index >= 15 is 0 Å². The van der Waals surface area contributed by atoms with E-state index in [1.165, 1.54) is 6.92 Å². The number of Topliss-reactive ketones (excluding diaryl/α,β-unsaturated/α-hetero) is 1. The van der Waals surface area contributed by atoms with E-state index < -0.39 is 5.92 Å². The molecule has 0 unspecified atom stereocenters. The Kier molecular flexibility index (Phi) is 6.56. The topological polar surface area (TPSA) is 55.4 Å². The number of ether oxygens (including phenoxy) is 1. The van der Waals surface area contributed by atoms with Gasteiger partial charge in [0.25, 0.3) is 0 Å². The standard InChI is InChI=1S/C17H25NO3/c1-13(19)10-15(12-21-17(2,3)4)16(20)18-11-14-8-6-5-7-9-14/h5-9,15H,10-12H2,1-4H3,(H,18,20)/t15-/m1/s1. The van der Waals surface area contributed by atoms with Crippen molar-refractivity contribution < 1.29 is 14.3 Å². The number of amides is 1. The molecule has 0 saturated heterocycles. The maximum absolute atomic E-state index is 12.2. The highest BCUT2D eigenvalue weighted by atomic mass is 16.5. The molecule has 0 fully saturated rings. The Balaban J connectivity index is 2.56. The first kappa shape index (κ1) is 17.4. The largest absolute Gasteiger partial charge is 0.375 e. The van der Waals surface area contributed by atoms with Crippen molar-refractivity contribution in [3.63, 3.8) is 0 Å². The molecular formula is C17H25NO3. The molecule has 21 heavy (non-hydrogen) atoms. The molecule has 1 rings (SSSR count). The van der Waals surface area contributed by atoms with Crippen molar-refractivity contribution in [2.75, 3.05) is 6.61 Å². The highest BCUT2D eigenvalue weighted by Gasteiger charge is 2.23. The third-order valence-corrected chi connectivity index (χ3v) is 2.93. The molecule has 0 saturated carbocycles. The zero-order valence-corrected chi connectivity index (χ0v) is 13.3. The van der Waals surface area contributed by atoms with E-state index in [0.29, 0.717) is 6.54 Å². The number of nitrogens with one attached hydrogen (secondary N) is 1. The van der Waals surface area contributed by atoms with E-state index in [-0.39, 0.29) is 30.3 Å². The quantitative estimate of drug-likeness (QED) is 0.840. The number of ketones is 1. The molecule has 1 aromatic rings. The zero-order valence-electron chi connectivity index (χ0n) is 13.3. The fourth-order valence-corrected chi connectivity index (χ4v) is 1.85. The molecule has 0 aromatic heterocycles. The lowest BCUT2D eigenvalue weighted by Crippen LogP contribution is -2.36. The molecule has 0 aliphatic rings. The molecule has 116 valence electrons. The van der Waals surface area contributed by atoms with Crippen LogP contribution in [0, 0.1) is 5.92 Å². The van der Waals surface area contributed by atoms with E-state index in [4.69, 9.17) is 4.74 Å². The van der Waals surface area contributed by atoms with Crippen LogP contribution in [0.15, 0.2) is 30.3 Å². The summed E-state index contributed by atoms with van der Waals surface area (Å²) in [6, 6.07) is 9.69. The van der Waals surface area contributed by atoms with Gasteiger partial charge in [0, 0.05) is 13.0 Å². The number of carbonyl (C=O) groups is 2. The lowest BCUT2D eigenvalue weighted by atomic mass is 10.0. The molecule has 0 heterocycles. The fourth-order valence-electron chi connectivity index (χ4n) is 1.85. The Hall–Kier alpha value is -1.68. The number of hydrogen-bond acceptors (Lipinski definition) is 3. The van der Waals surface area contributed by atoms with Gasteiger partial charge in [-0.1, -0.05) is 30.3 Å². The van der Waals surface area contributed by atoms with Gasteiger partial charge >= 0.3 is 0 Å². The summed E-state index contributed by atoms with van der Waals surface area (Å²) in [7, 11) is 0. The Labute approximate surface area is 126 Å². The minimum atomic E-state index is -0.439. The van der Waals surface area contributed by atoms with Crippen molar-refractivity contribution in [2.45, 2.75) is 46.3 Å². The lowest BCUT2D eigenvalue weighted by molar-refractivity contribution is -0.133. The molecule has 0 bridgehead atoms. The summed E-state index contributed by atoms with van der Waals surface area (Å²) in [4.78, 5) is 23.5. The molecule has 1 aromatic carbocycles. The van der Waals surface area contributed by atoms with Crippen LogP contribution in [0.3, 0.4) is 0 Å². The van der Waals surface area contributed by atoms with Crippen molar-refractivity contribution in [1.82, 2.24) is 5.32 Å². The van der Waals surface area contributed by atoms with Gasteiger partial charge in [0.05, 0.1) is 18.1 Å². The minimum Gasteiger partial charge on any atom is -0.375 e. The van der Waals surface area contributed by atoms with Gasteiger partial charge in [0.15, 0.2) is 0 Å².